The van der Waals surface area contributed by atoms with Crippen molar-refractivity contribution in [3.63, 3.8) is 0 Å². The van der Waals surface area contributed by atoms with Gasteiger partial charge in [0, 0.05) is 13.1 Å². The second-order valence-electron chi connectivity index (χ2n) is 7.56. The number of guanidine groups is 1. The number of nitrogens with one attached hydrogen (secondary N) is 3. The topological polar surface area (TPSA) is 78.0 Å². The van der Waals surface area contributed by atoms with Crippen molar-refractivity contribution in [2.45, 2.75) is 64.8 Å². The maximum absolute atomic E-state index is 11.7. The third-order valence-electron chi connectivity index (χ3n) is 5.20. The highest BCUT2D eigenvalue weighted by atomic mass is 127. The molecule has 28 heavy (non-hydrogen) atoms. The van der Waals surface area contributed by atoms with Crippen molar-refractivity contribution < 1.29 is 9.53 Å². The number of rotatable bonds is 10. The van der Waals surface area contributed by atoms with E-state index >= 15 is 0 Å². The monoisotopic (exact) mass is 509 g/mol. The zero-order valence-electron chi connectivity index (χ0n) is 17.7. The van der Waals surface area contributed by atoms with Crippen LogP contribution in [-0.2, 0) is 4.74 Å². The Kier molecular flexibility index (Phi) is 13.6. The number of hydrogen-bond acceptors (Lipinski definition) is 4. The van der Waals surface area contributed by atoms with Gasteiger partial charge in [0.25, 0.3) is 0 Å². The molecular formula is C20H40IN5O2. The van der Waals surface area contributed by atoms with Crippen LogP contribution in [0.3, 0.4) is 0 Å². The fraction of sp³-hybridized carbons (Fsp3) is 0.900. The van der Waals surface area contributed by atoms with Crippen molar-refractivity contribution in [2.75, 3.05) is 45.9 Å². The molecular weight excluding hydrogens is 469 g/mol. The Bertz CT molecular complexity index is 452. The molecule has 1 unspecified atom stereocenters. The molecule has 7 nitrogen and oxygen atoms in total. The highest BCUT2D eigenvalue weighted by molar-refractivity contribution is 14.0. The van der Waals surface area contributed by atoms with Crippen LogP contribution in [-0.4, -0.2) is 68.9 Å². The molecule has 1 amide bonds. The second-order valence-corrected chi connectivity index (χ2v) is 7.56. The van der Waals surface area contributed by atoms with E-state index in [0.717, 1.165) is 44.9 Å². The lowest BCUT2D eigenvalue weighted by atomic mass is 10.2. The van der Waals surface area contributed by atoms with Crippen LogP contribution in [0.2, 0.25) is 0 Å². The summed E-state index contributed by atoms with van der Waals surface area (Å²) in [4.78, 5) is 19.0. The zero-order valence-corrected chi connectivity index (χ0v) is 20.0. The Morgan fingerprint density at radius 3 is 2.46 bits per heavy atom. The molecule has 1 aliphatic carbocycles. The smallest absolute Gasteiger partial charge is 0.407 e. The second kappa shape index (κ2) is 15.1. The maximum Gasteiger partial charge on any atom is 0.407 e. The number of aliphatic imine (C=N–C) groups is 1. The molecule has 0 spiro atoms. The van der Waals surface area contributed by atoms with Crippen LogP contribution in [0.5, 0.6) is 0 Å². The van der Waals surface area contributed by atoms with Crippen molar-refractivity contribution in [3.05, 3.63) is 0 Å². The lowest BCUT2D eigenvalue weighted by Crippen LogP contribution is -2.42. The summed E-state index contributed by atoms with van der Waals surface area (Å²) < 4.78 is 5.02. The first-order valence-electron chi connectivity index (χ1n) is 10.9. The van der Waals surface area contributed by atoms with Crippen LogP contribution < -0.4 is 16.0 Å². The standard InChI is InChI=1S/C20H39N5O2.HI/c1-3-21-19(22-12-9-15-25-13-7-5-6-8-14-25)23-16-18(17-10-11-17)24-20(26)27-4-2;/h17-18H,3-16H2,1-2H3,(H,24,26)(H2,21,22,23);1H. The summed E-state index contributed by atoms with van der Waals surface area (Å²) in [5.74, 6) is 1.37. The lowest BCUT2D eigenvalue weighted by molar-refractivity contribution is 0.147. The first kappa shape index (κ1) is 25.3. The number of hydrogen-bond donors (Lipinski definition) is 3. The number of likely N-dealkylation sites (tertiary alicyclic amines) is 1. The average molecular weight is 509 g/mol. The molecule has 8 heteroatoms. The van der Waals surface area contributed by atoms with E-state index in [9.17, 15) is 4.79 Å². The van der Waals surface area contributed by atoms with Crippen LogP contribution in [0.4, 0.5) is 4.79 Å². The number of alkyl carbamates (subject to hydrolysis) is 1. The molecule has 0 aromatic rings. The van der Waals surface area contributed by atoms with Crippen LogP contribution in [0.25, 0.3) is 0 Å². The van der Waals surface area contributed by atoms with Gasteiger partial charge < -0.3 is 25.6 Å². The van der Waals surface area contributed by atoms with E-state index in [-0.39, 0.29) is 36.1 Å². The SMILES string of the molecule is CCNC(=NCC(NC(=O)OCC)C1CC1)NCCCN1CCCCCC1.I. The van der Waals surface area contributed by atoms with E-state index < -0.39 is 0 Å². The predicted molar refractivity (Wildman–Crippen MR) is 126 cm³/mol. The normalized spacial score (nSPS) is 19.1. The largest absolute Gasteiger partial charge is 0.450 e. The number of halogens is 1. The van der Waals surface area contributed by atoms with Crippen LogP contribution in [0, 0.1) is 5.92 Å². The Morgan fingerprint density at radius 1 is 1.14 bits per heavy atom. The van der Waals surface area contributed by atoms with Gasteiger partial charge in [-0.05, 0) is 71.5 Å². The Morgan fingerprint density at radius 2 is 1.86 bits per heavy atom. The van der Waals surface area contributed by atoms with Gasteiger partial charge in [0.05, 0.1) is 19.2 Å². The Labute approximate surface area is 187 Å². The number of ether oxygens (including phenoxy) is 1. The third-order valence-corrected chi connectivity index (χ3v) is 5.20. The summed E-state index contributed by atoms with van der Waals surface area (Å²) in [5.41, 5.74) is 0. The van der Waals surface area contributed by atoms with Gasteiger partial charge in [0.1, 0.15) is 0 Å². The van der Waals surface area contributed by atoms with E-state index in [1.165, 1.54) is 38.8 Å². The van der Waals surface area contributed by atoms with E-state index in [1.807, 2.05) is 6.92 Å². The molecule has 3 N–H and O–H groups in total. The third kappa shape index (κ3) is 10.7. The molecule has 0 radical (unpaired) electrons. The summed E-state index contributed by atoms with van der Waals surface area (Å²) in [5, 5.41) is 9.71. The van der Waals surface area contributed by atoms with Gasteiger partial charge in [0.15, 0.2) is 5.96 Å². The Balaban J connectivity index is 0.00000392. The summed E-state index contributed by atoms with van der Waals surface area (Å²) in [6, 6.07) is 0.0663. The van der Waals surface area contributed by atoms with Crippen molar-refractivity contribution in [2.24, 2.45) is 10.9 Å². The molecule has 2 rings (SSSR count). The van der Waals surface area contributed by atoms with Gasteiger partial charge in [-0.15, -0.1) is 24.0 Å². The van der Waals surface area contributed by atoms with Crippen molar-refractivity contribution in [1.82, 2.24) is 20.9 Å². The van der Waals surface area contributed by atoms with E-state index in [2.05, 4.69) is 27.8 Å². The van der Waals surface area contributed by atoms with Gasteiger partial charge in [-0.1, -0.05) is 12.8 Å². The minimum absolute atomic E-state index is 0. The summed E-state index contributed by atoms with van der Waals surface area (Å²) in [6.45, 7) is 10.3. The molecule has 2 aliphatic rings. The number of carbonyl (C=O) groups excluding carboxylic acids is 1. The fourth-order valence-electron chi connectivity index (χ4n) is 3.54. The molecule has 0 bridgehead atoms. The fourth-order valence-corrected chi connectivity index (χ4v) is 3.54. The first-order chi connectivity index (χ1) is 13.2. The van der Waals surface area contributed by atoms with Crippen LogP contribution >= 0.6 is 24.0 Å². The number of amides is 1. The number of nitrogens with zero attached hydrogens (tertiary/aromatic N) is 2. The quantitative estimate of drug-likeness (QED) is 0.183. The van der Waals surface area contributed by atoms with E-state index in [1.54, 1.807) is 0 Å². The van der Waals surface area contributed by atoms with Crippen LogP contribution in [0.15, 0.2) is 4.99 Å². The zero-order chi connectivity index (χ0) is 19.3. The van der Waals surface area contributed by atoms with Gasteiger partial charge in [-0.25, -0.2) is 4.79 Å². The summed E-state index contributed by atoms with van der Waals surface area (Å²) in [6.07, 6.45) is 8.55. The minimum atomic E-state index is -0.333. The average Bonchev–Trinajstić information content (AvgIpc) is 3.49. The summed E-state index contributed by atoms with van der Waals surface area (Å²) >= 11 is 0. The van der Waals surface area contributed by atoms with Crippen LogP contribution in [0.1, 0.15) is 58.8 Å². The predicted octanol–water partition coefficient (Wildman–Crippen LogP) is 2.95. The molecule has 0 aromatic heterocycles. The molecule has 2 fully saturated rings. The van der Waals surface area contributed by atoms with Crippen molar-refractivity contribution in [3.8, 4) is 0 Å². The van der Waals surface area contributed by atoms with Gasteiger partial charge >= 0.3 is 6.09 Å². The maximum atomic E-state index is 11.7. The highest BCUT2D eigenvalue weighted by Crippen LogP contribution is 2.32. The van der Waals surface area contributed by atoms with E-state index in [0.29, 0.717) is 19.1 Å². The van der Waals surface area contributed by atoms with E-state index in [4.69, 9.17) is 9.73 Å². The molecule has 0 aromatic carbocycles. The van der Waals surface area contributed by atoms with Gasteiger partial charge in [0.2, 0.25) is 0 Å². The summed E-state index contributed by atoms with van der Waals surface area (Å²) in [7, 11) is 0. The lowest BCUT2D eigenvalue weighted by Gasteiger charge is -2.20. The highest BCUT2D eigenvalue weighted by Gasteiger charge is 2.32. The molecule has 1 heterocycles. The minimum Gasteiger partial charge on any atom is -0.450 e. The molecule has 1 atom stereocenters. The molecule has 1 aliphatic heterocycles. The molecule has 1 saturated carbocycles. The number of carbonyl (C=O) groups is 1. The first-order valence-corrected chi connectivity index (χ1v) is 10.9. The molecule has 164 valence electrons. The van der Waals surface area contributed by atoms with Gasteiger partial charge in [-0.3, -0.25) is 4.99 Å². The van der Waals surface area contributed by atoms with Crippen molar-refractivity contribution >= 4 is 36.0 Å². The van der Waals surface area contributed by atoms with Gasteiger partial charge in [-0.2, -0.15) is 0 Å². The Hall–Kier alpha value is -0.770. The van der Waals surface area contributed by atoms with Crippen molar-refractivity contribution in [1.29, 1.82) is 0 Å². The molecule has 1 saturated heterocycles.